The zero-order chi connectivity index (χ0) is 11.1. The van der Waals surface area contributed by atoms with Gasteiger partial charge in [-0.3, -0.25) is 0 Å². The van der Waals surface area contributed by atoms with E-state index in [0.29, 0.717) is 0 Å². The second kappa shape index (κ2) is 6.13. The Kier molecular flexibility index (Phi) is 4.76. The van der Waals surface area contributed by atoms with E-state index in [4.69, 9.17) is 7.74 Å². The number of benzene rings is 1. The van der Waals surface area contributed by atoms with Crippen LogP contribution in [-0.2, 0) is 0 Å². The molecule has 2 heteroatoms. The molecule has 0 nitrogen and oxygen atoms in total. The summed E-state index contributed by atoms with van der Waals surface area (Å²) in [5.74, 6) is 0. The van der Waals surface area contributed by atoms with Gasteiger partial charge in [0.2, 0.25) is 0 Å². The number of allylic oxidation sites excluding steroid dienone is 5. The van der Waals surface area contributed by atoms with Gasteiger partial charge in [-0.05, 0) is 11.1 Å². The molecule has 0 amide bonds. The smallest absolute Gasteiger partial charge is 0.0905 e. The molecule has 0 saturated heterocycles. The summed E-state index contributed by atoms with van der Waals surface area (Å²) in [5, 5.41) is 0. The van der Waals surface area contributed by atoms with Crippen LogP contribution in [0, 0.1) is 0 Å². The van der Waals surface area contributed by atoms with Crippen LogP contribution >= 0.6 is 0 Å². The van der Waals surface area contributed by atoms with Crippen molar-refractivity contribution in [3.8, 4) is 0 Å². The van der Waals surface area contributed by atoms with Crippen molar-refractivity contribution in [3.63, 3.8) is 0 Å². The van der Waals surface area contributed by atoms with E-state index in [9.17, 15) is 0 Å². The molecule has 71 valence electrons. The van der Waals surface area contributed by atoms with E-state index in [2.05, 4.69) is 18.7 Å². The van der Waals surface area contributed by atoms with Crippen molar-refractivity contribution in [2.45, 2.75) is 6.92 Å². The highest BCUT2D eigenvalue weighted by molar-refractivity contribution is 6.94. The lowest BCUT2D eigenvalue weighted by Crippen LogP contribution is -1.95. The second-order valence-corrected chi connectivity index (χ2v) is 3.22. The summed E-state index contributed by atoms with van der Waals surface area (Å²) in [6.07, 6.45) is 5.68. The number of rotatable bonds is 4. The molecule has 1 aromatic carbocycles. The molecule has 0 bridgehead atoms. The predicted molar refractivity (Wildman–Crippen MR) is 69.9 cm³/mol. The van der Waals surface area contributed by atoms with Gasteiger partial charge in [0.25, 0.3) is 0 Å². The van der Waals surface area contributed by atoms with Crippen molar-refractivity contribution in [1.29, 1.82) is 0 Å². The fourth-order valence-corrected chi connectivity index (χ4v) is 1.33. The SMILES string of the molecule is [B][B]/C(C)=C(/C=C\C=C)c1ccccc1. The first-order valence-corrected chi connectivity index (χ1v) is 4.90. The second-order valence-electron chi connectivity index (χ2n) is 3.22. The van der Waals surface area contributed by atoms with Crippen LogP contribution < -0.4 is 0 Å². The lowest BCUT2D eigenvalue weighted by atomic mass is 9.50. The molecule has 0 heterocycles. The molecule has 1 rings (SSSR count). The Balaban J connectivity index is 3.13. The minimum atomic E-state index is 1.05. The summed E-state index contributed by atoms with van der Waals surface area (Å²) >= 11 is 0. The van der Waals surface area contributed by atoms with Crippen LogP contribution in [0.2, 0.25) is 0 Å². The molecule has 15 heavy (non-hydrogen) atoms. The van der Waals surface area contributed by atoms with Crippen molar-refractivity contribution >= 4 is 20.5 Å². The van der Waals surface area contributed by atoms with Gasteiger partial charge in [-0.25, -0.2) is 0 Å². The normalized spacial score (nSPS) is 12.3. The lowest BCUT2D eigenvalue weighted by Gasteiger charge is -2.07. The summed E-state index contributed by atoms with van der Waals surface area (Å²) in [7, 11) is 7.16. The van der Waals surface area contributed by atoms with Crippen LogP contribution in [0.15, 0.2) is 60.6 Å². The Hall–Kier alpha value is -1.43. The average Bonchev–Trinajstić information content (AvgIpc) is 2.30. The summed E-state index contributed by atoms with van der Waals surface area (Å²) in [6, 6.07) is 10.2. The number of hydrogen-bond donors (Lipinski definition) is 0. The molecule has 0 spiro atoms. The summed E-state index contributed by atoms with van der Waals surface area (Å²) < 4.78 is 0. The molecule has 0 unspecified atom stereocenters. The highest BCUT2D eigenvalue weighted by Crippen LogP contribution is 2.19. The van der Waals surface area contributed by atoms with Crippen molar-refractivity contribution in [2.24, 2.45) is 0 Å². The molecule has 0 aromatic heterocycles. The average molecular weight is 191 g/mol. The largest absolute Gasteiger partial charge is 0.114 e. The molecular formula is C13H13B2. The third kappa shape index (κ3) is 3.32. The number of hydrogen-bond acceptors (Lipinski definition) is 0. The lowest BCUT2D eigenvalue weighted by molar-refractivity contribution is 1.57. The van der Waals surface area contributed by atoms with Crippen LogP contribution in [0.25, 0.3) is 5.57 Å². The zero-order valence-corrected chi connectivity index (χ0v) is 8.98. The predicted octanol–water partition coefficient (Wildman–Crippen LogP) is 2.95. The third-order valence-corrected chi connectivity index (χ3v) is 2.16. The quantitative estimate of drug-likeness (QED) is 0.506. The van der Waals surface area contributed by atoms with Gasteiger partial charge in [0.1, 0.15) is 0 Å². The van der Waals surface area contributed by atoms with Gasteiger partial charge < -0.3 is 0 Å². The fraction of sp³-hybridized carbons (Fsp3) is 0.0769. The van der Waals surface area contributed by atoms with Gasteiger partial charge in [0, 0.05) is 7.74 Å². The maximum atomic E-state index is 5.54. The summed E-state index contributed by atoms with van der Waals surface area (Å²) in [5.41, 5.74) is 3.34. The highest BCUT2D eigenvalue weighted by atomic mass is 14.0. The van der Waals surface area contributed by atoms with Gasteiger partial charge in [-0.2, -0.15) is 0 Å². The Morgan fingerprint density at radius 3 is 2.53 bits per heavy atom. The first kappa shape index (κ1) is 11.6. The monoisotopic (exact) mass is 191 g/mol. The van der Waals surface area contributed by atoms with Gasteiger partial charge in [0.15, 0.2) is 0 Å². The van der Waals surface area contributed by atoms with Gasteiger partial charge in [-0.1, -0.05) is 62.1 Å². The first-order chi connectivity index (χ1) is 7.29. The molecule has 0 fully saturated rings. The van der Waals surface area contributed by atoms with E-state index >= 15 is 0 Å². The van der Waals surface area contributed by atoms with Crippen molar-refractivity contribution < 1.29 is 0 Å². The molecular weight excluding hydrogens is 178 g/mol. The maximum absolute atomic E-state index is 5.54. The molecule has 0 saturated carbocycles. The highest BCUT2D eigenvalue weighted by Gasteiger charge is 1.99. The van der Waals surface area contributed by atoms with E-state index < -0.39 is 0 Å². The Bertz CT molecular complexity index is 375. The zero-order valence-electron chi connectivity index (χ0n) is 8.98. The standard InChI is InChI=1S/C13H13B2/c1-3-4-10-13(11(2)15-14)12-8-6-5-7-9-12/h3-10H,1H2,2H3/b10-4-,13-11-. The Labute approximate surface area is 94.0 Å². The molecule has 0 aliphatic heterocycles. The van der Waals surface area contributed by atoms with Crippen molar-refractivity contribution in [3.05, 3.63) is 66.2 Å². The van der Waals surface area contributed by atoms with E-state index in [-0.39, 0.29) is 0 Å². The van der Waals surface area contributed by atoms with Crippen molar-refractivity contribution in [2.75, 3.05) is 0 Å². The van der Waals surface area contributed by atoms with Gasteiger partial charge >= 0.3 is 0 Å². The van der Waals surface area contributed by atoms with Crippen LogP contribution in [0.1, 0.15) is 12.5 Å². The minimum absolute atomic E-state index is 1.05. The summed E-state index contributed by atoms with van der Waals surface area (Å²) in [6.45, 7) is 5.66. The van der Waals surface area contributed by atoms with E-state index in [1.54, 1.807) is 13.2 Å². The van der Waals surface area contributed by atoms with Crippen molar-refractivity contribution in [1.82, 2.24) is 0 Å². The maximum Gasteiger partial charge on any atom is 0.0905 e. The third-order valence-electron chi connectivity index (χ3n) is 2.16. The Morgan fingerprint density at radius 2 is 2.00 bits per heavy atom. The fourth-order valence-electron chi connectivity index (χ4n) is 1.33. The molecule has 0 N–H and O–H groups in total. The van der Waals surface area contributed by atoms with Gasteiger partial charge in [-0.15, -0.1) is 5.47 Å². The molecule has 1 aromatic rings. The summed E-state index contributed by atoms with van der Waals surface area (Å²) in [4.78, 5) is 0. The molecule has 3 radical (unpaired) electrons. The Morgan fingerprint density at radius 1 is 1.33 bits per heavy atom. The van der Waals surface area contributed by atoms with Crippen LogP contribution in [0.5, 0.6) is 0 Å². The first-order valence-electron chi connectivity index (χ1n) is 4.90. The molecule has 0 atom stereocenters. The van der Waals surface area contributed by atoms with E-state index in [0.717, 1.165) is 16.6 Å². The van der Waals surface area contributed by atoms with Crippen LogP contribution in [0.3, 0.4) is 0 Å². The topological polar surface area (TPSA) is 0 Å². The van der Waals surface area contributed by atoms with Crippen LogP contribution in [0.4, 0.5) is 0 Å². The van der Waals surface area contributed by atoms with E-state index in [1.807, 2.05) is 37.3 Å². The molecule has 0 aliphatic rings. The van der Waals surface area contributed by atoms with Gasteiger partial charge in [0.05, 0.1) is 7.17 Å². The minimum Gasteiger partial charge on any atom is -0.114 e. The van der Waals surface area contributed by atoms with Crippen LogP contribution in [-0.4, -0.2) is 14.9 Å². The van der Waals surface area contributed by atoms with E-state index in [1.165, 1.54) is 0 Å². The molecule has 0 aliphatic carbocycles.